The van der Waals surface area contributed by atoms with Gasteiger partial charge in [-0.05, 0) is 30.6 Å². The number of nitrogens with zero attached hydrogens (tertiary/aromatic N) is 3. The molecule has 2 N–H and O–H groups in total. The van der Waals surface area contributed by atoms with E-state index in [-0.39, 0.29) is 17.5 Å². The summed E-state index contributed by atoms with van der Waals surface area (Å²) in [7, 11) is 0. The standard InChI is InChI=1S/C22H30N4O2S/c1-2-24-22(29)26-12-10-25(11-13-26)9-8-23-16-19-20(27)14-18(15-21(19)28)17-6-4-3-5-7-17/h3-7,16,18,27H,2,8-15H2,1H3,(H,24,29). The Labute approximate surface area is 178 Å². The Kier molecular flexibility index (Phi) is 7.77. The van der Waals surface area contributed by atoms with Crippen LogP contribution in [-0.2, 0) is 4.79 Å². The quantitative estimate of drug-likeness (QED) is 0.551. The monoisotopic (exact) mass is 414 g/mol. The smallest absolute Gasteiger partial charge is 0.169 e. The molecule has 0 aromatic heterocycles. The highest BCUT2D eigenvalue weighted by Crippen LogP contribution is 2.32. The number of aliphatic imine (C=N–C) groups is 1. The average Bonchev–Trinajstić information content (AvgIpc) is 2.74. The van der Waals surface area contributed by atoms with Crippen LogP contribution in [0.4, 0.5) is 0 Å². The number of hydrogen-bond donors (Lipinski definition) is 2. The molecule has 0 bridgehead atoms. The van der Waals surface area contributed by atoms with Gasteiger partial charge in [0.25, 0.3) is 0 Å². The second-order valence-electron chi connectivity index (χ2n) is 7.50. The zero-order valence-corrected chi connectivity index (χ0v) is 17.8. The molecule has 0 spiro atoms. The van der Waals surface area contributed by atoms with Crippen LogP contribution in [0.5, 0.6) is 0 Å². The maximum atomic E-state index is 12.5. The Morgan fingerprint density at radius 1 is 1.24 bits per heavy atom. The van der Waals surface area contributed by atoms with E-state index < -0.39 is 0 Å². The van der Waals surface area contributed by atoms with Gasteiger partial charge in [-0.15, -0.1) is 0 Å². The molecular formula is C22H30N4O2S. The summed E-state index contributed by atoms with van der Waals surface area (Å²) in [6.45, 7) is 8.09. The third-order valence-corrected chi connectivity index (χ3v) is 5.91. The van der Waals surface area contributed by atoms with Gasteiger partial charge in [-0.25, -0.2) is 0 Å². The Bertz CT molecular complexity index is 770. The van der Waals surface area contributed by atoms with E-state index >= 15 is 0 Å². The maximum absolute atomic E-state index is 12.5. The van der Waals surface area contributed by atoms with Crippen LogP contribution < -0.4 is 5.32 Å². The Morgan fingerprint density at radius 3 is 2.62 bits per heavy atom. The first-order valence-corrected chi connectivity index (χ1v) is 10.7. The number of thiocarbonyl (C=S) groups is 1. The number of ketones is 1. The lowest BCUT2D eigenvalue weighted by Gasteiger charge is -2.35. The van der Waals surface area contributed by atoms with Crippen LogP contribution in [0.2, 0.25) is 0 Å². The first kappa shape index (κ1) is 21.5. The highest BCUT2D eigenvalue weighted by atomic mass is 32.1. The minimum Gasteiger partial charge on any atom is -0.511 e. The van der Waals surface area contributed by atoms with Crippen LogP contribution in [-0.4, -0.2) is 77.8 Å². The summed E-state index contributed by atoms with van der Waals surface area (Å²) in [6.07, 6.45) is 2.48. The number of piperazine rings is 1. The number of aliphatic hydroxyl groups is 1. The van der Waals surface area contributed by atoms with Gasteiger partial charge < -0.3 is 15.3 Å². The van der Waals surface area contributed by atoms with Gasteiger partial charge in [0.2, 0.25) is 0 Å². The molecule has 0 saturated carbocycles. The molecule has 1 aliphatic carbocycles. The highest BCUT2D eigenvalue weighted by molar-refractivity contribution is 7.80. The summed E-state index contributed by atoms with van der Waals surface area (Å²) in [5.41, 5.74) is 1.47. The van der Waals surface area contributed by atoms with Crippen molar-refractivity contribution in [2.75, 3.05) is 45.8 Å². The molecule has 1 aromatic rings. The topological polar surface area (TPSA) is 68.2 Å². The van der Waals surface area contributed by atoms with E-state index in [1.165, 1.54) is 0 Å². The van der Waals surface area contributed by atoms with Crippen LogP contribution in [0.1, 0.15) is 31.2 Å². The van der Waals surface area contributed by atoms with Crippen molar-refractivity contribution in [3.63, 3.8) is 0 Å². The summed E-state index contributed by atoms with van der Waals surface area (Å²) < 4.78 is 0. The van der Waals surface area contributed by atoms with Crippen molar-refractivity contribution in [3.8, 4) is 0 Å². The van der Waals surface area contributed by atoms with Crippen molar-refractivity contribution in [1.82, 2.24) is 15.1 Å². The molecule has 2 aliphatic rings. The molecular weight excluding hydrogens is 384 g/mol. The van der Waals surface area contributed by atoms with Crippen molar-refractivity contribution in [2.45, 2.75) is 25.7 Å². The van der Waals surface area contributed by atoms with E-state index in [0.29, 0.717) is 25.0 Å². The summed E-state index contributed by atoms with van der Waals surface area (Å²) >= 11 is 5.36. The van der Waals surface area contributed by atoms with E-state index in [1.807, 2.05) is 37.3 Å². The fourth-order valence-electron chi connectivity index (χ4n) is 3.81. The van der Waals surface area contributed by atoms with Crippen LogP contribution in [0.3, 0.4) is 0 Å². The van der Waals surface area contributed by atoms with Gasteiger partial charge in [-0.2, -0.15) is 0 Å². The van der Waals surface area contributed by atoms with Crippen LogP contribution >= 0.6 is 12.2 Å². The molecule has 1 fully saturated rings. The van der Waals surface area contributed by atoms with E-state index in [4.69, 9.17) is 12.2 Å². The number of aliphatic hydroxyl groups excluding tert-OH is 1. The summed E-state index contributed by atoms with van der Waals surface area (Å²) in [5.74, 6) is 0.173. The average molecular weight is 415 g/mol. The van der Waals surface area contributed by atoms with Gasteiger partial charge in [0.05, 0.1) is 12.1 Å². The molecule has 1 atom stereocenters. The van der Waals surface area contributed by atoms with Gasteiger partial charge in [0, 0.05) is 58.3 Å². The molecule has 1 saturated heterocycles. The molecule has 7 heteroatoms. The minimum atomic E-state index is -0.0306. The van der Waals surface area contributed by atoms with Gasteiger partial charge in [-0.3, -0.25) is 14.7 Å². The molecule has 6 nitrogen and oxygen atoms in total. The first-order valence-electron chi connectivity index (χ1n) is 10.3. The molecule has 29 heavy (non-hydrogen) atoms. The van der Waals surface area contributed by atoms with Gasteiger partial charge in [-0.1, -0.05) is 30.3 Å². The molecule has 1 aromatic carbocycles. The normalized spacial score (nSPS) is 21.1. The third-order valence-electron chi connectivity index (χ3n) is 5.51. The van der Waals surface area contributed by atoms with E-state index in [9.17, 15) is 9.90 Å². The molecule has 0 radical (unpaired) electrons. The number of allylic oxidation sites excluding steroid dienone is 2. The van der Waals surface area contributed by atoms with Gasteiger partial charge in [0.1, 0.15) is 5.76 Å². The van der Waals surface area contributed by atoms with Crippen molar-refractivity contribution in [3.05, 3.63) is 47.2 Å². The summed E-state index contributed by atoms with van der Waals surface area (Å²) in [5, 5.41) is 14.4. The Hall–Kier alpha value is -2.25. The lowest BCUT2D eigenvalue weighted by Crippen LogP contribution is -2.52. The third kappa shape index (κ3) is 5.87. The van der Waals surface area contributed by atoms with Crippen molar-refractivity contribution in [1.29, 1.82) is 0 Å². The lowest BCUT2D eigenvalue weighted by molar-refractivity contribution is -0.116. The number of hydrogen-bond acceptors (Lipinski definition) is 5. The van der Waals surface area contributed by atoms with E-state index in [1.54, 1.807) is 6.21 Å². The number of nitrogens with one attached hydrogen (secondary N) is 1. The second kappa shape index (κ2) is 10.5. The number of carbonyl (C=O) groups excluding carboxylic acids is 1. The molecule has 1 heterocycles. The summed E-state index contributed by atoms with van der Waals surface area (Å²) in [6, 6.07) is 9.90. The molecule has 3 rings (SSSR count). The van der Waals surface area contributed by atoms with E-state index in [0.717, 1.165) is 49.9 Å². The van der Waals surface area contributed by atoms with Crippen molar-refractivity contribution >= 4 is 29.3 Å². The summed E-state index contributed by atoms with van der Waals surface area (Å²) in [4.78, 5) is 21.5. The predicted octanol–water partition coefficient (Wildman–Crippen LogP) is 2.53. The Morgan fingerprint density at radius 2 is 1.97 bits per heavy atom. The predicted molar refractivity (Wildman–Crippen MR) is 121 cm³/mol. The number of rotatable bonds is 6. The van der Waals surface area contributed by atoms with Crippen LogP contribution in [0.25, 0.3) is 0 Å². The van der Waals surface area contributed by atoms with E-state index in [2.05, 4.69) is 20.1 Å². The number of carbonyl (C=O) groups is 1. The zero-order valence-electron chi connectivity index (χ0n) is 17.0. The molecule has 1 unspecified atom stereocenters. The van der Waals surface area contributed by atoms with Crippen LogP contribution in [0.15, 0.2) is 46.7 Å². The lowest BCUT2D eigenvalue weighted by atomic mass is 9.83. The zero-order chi connectivity index (χ0) is 20.6. The molecule has 0 amide bonds. The minimum absolute atomic E-state index is 0.0306. The molecule has 1 aliphatic heterocycles. The van der Waals surface area contributed by atoms with Crippen molar-refractivity contribution < 1.29 is 9.90 Å². The first-order chi connectivity index (χ1) is 14.1. The SMILES string of the molecule is CCNC(=S)N1CCN(CCN=CC2=C(O)CC(c3ccccc3)CC2=O)CC1. The van der Waals surface area contributed by atoms with Crippen molar-refractivity contribution in [2.24, 2.45) is 4.99 Å². The number of benzene rings is 1. The maximum Gasteiger partial charge on any atom is 0.169 e. The fourth-order valence-corrected chi connectivity index (χ4v) is 4.14. The number of Topliss-reactive ketones (excluding diaryl/α,β-unsaturated/α-hetero) is 1. The molecule has 156 valence electrons. The highest BCUT2D eigenvalue weighted by Gasteiger charge is 2.27. The second-order valence-corrected chi connectivity index (χ2v) is 7.89. The fraction of sp³-hybridized carbons (Fsp3) is 0.500. The largest absolute Gasteiger partial charge is 0.511 e. The van der Waals surface area contributed by atoms with Crippen LogP contribution in [0, 0.1) is 0 Å². The van der Waals surface area contributed by atoms with Gasteiger partial charge in [0.15, 0.2) is 10.9 Å². The van der Waals surface area contributed by atoms with Gasteiger partial charge >= 0.3 is 0 Å². The Balaban J connectivity index is 1.46.